The molecule has 8 nitrogen and oxygen atoms in total. The Morgan fingerprint density at radius 1 is 1.06 bits per heavy atom. The summed E-state index contributed by atoms with van der Waals surface area (Å²) in [5.41, 5.74) is 2.92. The SMILES string of the molecule is CCOc1ccc(C(=O)Nc2ccc(C(=O)N3CCc4ccccc43)cc2)cc1[N+](=O)[O-]. The predicted octanol–water partition coefficient (Wildman–Crippen LogP) is 4.45. The van der Waals surface area contributed by atoms with Crippen molar-refractivity contribution in [2.45, 2.75) is 13.3 Å². The van der Waals surface area contributed by atoms with Gasteiger partial charge in [0.25, 0.3) is 11.8 Å². The van der Waals surface area contributed by atoms with Crippen molar-refractivity contribution in [2.75, 3.05) is 23.4 Å². The molecule has 1 N–H and O–H groups in total. The summed E-state index contributed by atoms with van der Waals surface area (Å²) in [6.45, 7) is 2.63. The number of fused-ring (bicyclic) bond motifs is 1. The molecule has 32 heavy (non-hydrogen) atoms. The second-order valence-corrected chi connectivity index (χ2v) is 7.24. The number of anilines is 2. The van der Waals surface area contributed by atoms with Crippen molar-refractivity contribution in [2.24, 2.45) is 0 Å². The van der Waals surface area contributed by atoms with Gasteiger partial charge in [-0.05, 0) is 61.4 Å². The molecule has 0 atom stereocenters. The number of nitrogens with zero attached hydrogens (tertiary/aromatic N) is 2. The first-order valence-corrected chi connectivity index (χ1v) is 10.2. The number of hydrogen-bond donors (Lipinski definition) is 1. The Morgan fingerprint density at radius 3 is 2.50 bits per heavy atom. The minimum absolute atomic E-state index is 0.102. The Balaban J connectivity index is 1.47. The average molecular weight is 431 g/mol. The quantitative estimate of drug-likeness (QED) is 0.459. The maximum atomic E-state index is 12.9. The molecule has 0 aliphatic carbocycles. The molecule has 0 unspecified atom stereocenters. The highest BCUT2D eigenvalue weighted by atomic mass is 16.6. The molecule has 162 valence electrons. The van der Waals surface area contributed by atoms with E-state index in [1.807, 2.05) is 24.3 Å². The van der Waals surface area contributed by atoms with Crippen molar-refractivity contribution in [3.8, 4) is 5.75 Å². The highest BCUT2D eigenvalue weighted by Gasteiger charge is 2.25. The molecule has 4 rings (SSSR count). The van der Waals surface area contributed by atoms with E-state index in [2.05, 4.69) is 5.32 Å². The van der Waals surface area contributed by atoms with E-state index in [-0.39, 0.29) is 29.5 Å². The van der Waals surface area contributed by atoms with E-state index in [0.717, 1.165) is 17.7 Å². The first-order chi connectivity index (χ1) is 15.5. The van der Waals surface area contributed by atoms with Gasteiger partial charge in [-0.15, -0.1) is 0 Å². The summed E-state index contributed by atoms with van der Waals surface area (Å²) in [6, 6.07) is 18.5. The van der Waals surface area contributed by atoms with Crippen LogP contribution in [-0.4, -0.2) is 29.9 Å². The zero-order valence-corrected chi connectivity index (χ0v) is 17.4. The van der Waals surface area contributed by atoms with Crippen LogP contribution in [-0.2, 0) is 6.42 Å². The maximum absolute atomic E-state index is 12.9. The Labute approximate surface area is 184 Å². The molecule has 0 spiro atoms. The molecule has 2 amide bonds. The van der Waals surface area contributed by atoms with Crippen LogP contribution in [0.15, 0.2) is 66.7 Å². The van der Waals surface area contributed by atoms with E-state index in [9.17, 15) is 19.7 Å². The highest BCUT2D eigenvalue weighted by Crippen LogP contribution is 2.30. The lowest BCUT2D eigenvalue weighted by molar-refractivity contribution is -0.385. The fourth-order valence-electron chi connectivity index (χ4n) is 3.68. The molecule has 0 fully saturated rings. The van der Waals surface area contributed by atoms with E-state index in [0.29, 0.717) is 17.8 Å². The Hall–Kier alpha value is -4.20. The third kappa shape index (κ3) is 4.15. The Kier molecular flexibility index (Phi) is 5.85. The fraction of sp³-hybridized carbons (Fsp3) is 0.167. The number of nitrogens with one attached hydrogen (secondary N) is 1. The topological polar surface area (TPSA) is 102 Å². The Morgan fingerprint density at radius 2 is 1.78 bits per heavy atom. The van der Waals surface area contributed by atoms with Gasteiger partial charge in [0.2, 0.25) is 0 Å². The van der Waals surface area contributed by atoms with Crippen molar-refractivity contribution in [3.05, 3.63) is 93.5 Å². The summed E-state index contributed by atoms with van der Waals surface area (Å²) in [4.78, 5) is 37.9. The summed E-state index contributed by atoms with van der Waals surface area (Å²) in [5, 5.41) is 14.0. The van der Waals surface area contributed by atoms with Crippen molar-refractivity contribution in [3.63, 3.8) is 0 Å². The van der Waals surface area contributed by atoms with Crippen LogP contribution in [0.1, 0.15) is 33.2 Å². The number of rotatable bonds is 6. The van der Waals surface area contributed by atoms with E-state index in [4.69, 9.17) is 4.74 Å². The van der Waals surface area contributed by atoms with Crippen molar-refractivity contribution in [1.82, 2.24) is 0 Å². The number of carbonyl (C=O) groups is 2. The minimum atomic E-state index is -0.585. The molecule has 8 heteroatoms. The third-order valence-electron chi connectivity index (χ3n) is 5.24. The first-order valence-electron chi connectivity index (χ1n) is 10.2. The number of nitro benzene ring substituents is 1. The third-order valence-corrected chi connectivity index (χ3v) is 5.24. The molecule has 3 aromatic carbocycles. The normalized spacial score (nSPS) is 12.2. The second-order valence-electron chi connectivity index (χ2n) is 7.24. The van der Waals surface area contributed by atoms with Crippen molar-refractivity contribution in [1.29, 1.82) is 0 Å². The molecule has 0 aromatic heterocycles. The molecule has 1 aliphatic heterocycles. The monoisotopic (exact) mass is 431 g/mol. The van der Waals surface area contributed by atoms with Gasteiger partial charge in [0, 0.05) is 35.1 Å². The molecule has 0 radical (unpaired) electrons. The molecule has 3 aromatic rings. The predicted molar refractivity (Wildman–Crippen MR) is 120 cm³/mol. The van der Waals surface area contributed by atoms with E-state index < -0.39 is 10.8 Å². The zero-order chi connectivity index (χ0) is 22.7. The van der Waals surface area contributed by atoms with Gasteiger partial charge >= 0.3 is 5.69 Å². The van der Waals surface area contributed by atoms with E-state index >= 15 is 0 Å². The van der Waals surface area contributed by atoms with Crippen LogP contribution >= 0.6 is 0 Å². The van der Waals surface area contributed by atoms with Crippen molar-refractivity contribution < 1.29 is 19.2 Å². The number of para-hydroxylation sites is 1. The number of benzene rings is 3. The zero-order valence-electron chi connectivity index (χ0n) is 17.4. The van der Waals surface area contributed by atoms with Crippen LogP contribution in [0.3, 0.4) is 0 Å². The minimum Gasteiger partial charge on any atom is -0.487 e. The van der Waals surface area contributed by atoms with Gasteiger partial charge in [0.1, 0.15) is 0 Å². The molecule has 0 saturated heterocycles. The summed E-state index contributed by atoms with van der Waals surface area (Å²) < 4.78 is 5.24. The lowest BCUT2D eigenvalue weighted by Crippen LogP contribution is -2.28. The standard InChI is InChI=1S/C24H21N3O5/c1-2-32-22-12-9-18(15-21(22)27(30)31)23(28)25-19-10-7-17(8-11-19)24(29)26-14-13-16-5-3-4-6-20(16)26/h3-12,15H,2,13-14H2,1H3,(H,25,28). The average Bonchev–Trinajstić information content (AvgIpc) is 3.23. The number of amides is 2. The molecule has 1 aliphatic rings. The van der Waals surface area contributed by atoms with Crippen LogP contribution in [0.4, 0.5) is 17.1 Å². The van der Waals surface area contributed by atoms with Crippen LogP contribution < -0.4 is 15.0 Å². The molecule has 0 bridgehead atoms. The number of ether oxygens (including phenoxy) is 1. The Bertz CT molecular complexity index is 1190. The van der Waals surface area contributed by atoms with Crippen LogP contribution in [0, 0.1) is 10.1 Å². The summed E-state index contributed by atoms with van der Waals surface area (Å²) in [6.07, 6.45) is 0.824. The van der Waals surface area contributed by atoms with Gasteiger partial charge in [-0.3, -0.25) is 19.7 Å². The summed E-state index contributed by atoms with van der Waals surface area (Å²) >= 11 is 0. The fourth-order valence-corrected chi connectivity index (χ4v) is 3.68. The van der Waals surface area contributed by atoms with Crippen LogP contribution in [0.5, 0.6) is 5.75 Å². The molecular formula is C24H21N3O5. The lowest BCUT2D eigenvalue weighted by Gasteiger charge is -2.17. The van der Waals surface area contributed by atoms with Crippen molar-refractivity contribution >= 4 is 28.9 Å². The smallest absolute Gasteiger partial charge is 0.311 e. The molecule has 1 heterocycles. The number of nitro groups is 1. The van der Waals surface area contributed by atoms with E-state index in [1.54, 1.807) is 36.1 Å². The molecule has 0 saturated carbocycles. The van der Waals surface area contributed by atoms with Gasteiger partial charge in [0.15, 0.2) is 5.75 Å². The lowest BCUT2D eigenvalue weighted by atomic mass is 10.1. The van der Waals surface area contributed by atoms with Gasteiger partial charge in [0.05, 0.1) is 11.5 Å². The second kappa shape index (κ2) is 8.89. The summed E-state index contributed by atoms with van der Waals surface area (Å²) in [5.74, 6) is -0.487. The molecular weight excluding hydrogens is 410 g/mol. The first kappa shape index (κ1) is 21.0. The highest BCUT2D eigenvalue weighted by molar-refractivity contribution is 6.08. The van der Waals surface area contributed by atoms with Gasteiger partial charge in [-0.25, -0.2) is 0 Å². The van der Waals surface area contributed by atoms with Crippen LogP contribution in [0.2, 0.25) is 0 Å². The summed E-state index contributed by atoms with van der Waals surface area (Å²) in [7, 11) is 0. The number of hydrogen-bond acceptors (Lipinski definition) is 5. The maximum Gasteiger partial charge on any atom is 0.311 e. The van der Waals surface area contributed by atoms with Gasteiger partial charge in [-0.2, -0.15) is 0 Å². The van der Waals surface area contributed by atoms with Crippen LogP contribution in [0.25, 0.3) is 0 Å². The largest absolute Gasteiger partial charge is 0.487 e. The van der Waals surface area contributed by atoms with Gasteiger partial charge < -0.3 is 15.0 Å². The van der Waals surface area contributed by atoms with Gasteiger partial charge in [-0.1, -0.05) is 18.2 Å². The van der Waals surface area contributed by atoms with E-state index in [1.165, 1.54) is 18.2 Å². The number of carbonyl (C=O) groups excluding carboxylic acids is 2.